The molecule has 2 amide bonds. The first kappa shape index (κ1) is 19.4. The van der Waals surface area contributed by atoms with Gasteiger partial charge in [0.25, 0.3) is 11.8 Å². The van der Waals surface area contributed by atoms with Crippen molar-refractivity contribution >= 4 is 45.8 Å². The van der Waals surface area contributed by atoms with E-state index in [0.29, 0.717) is 17.9 Å². The van der Waals surface area contributed by atoms with Crippen LogP contribution in [0.4, 0.5) is 11.4 Å². The first-order chi connectivity index (χ1) is 14.0. The fourth-order valence-electron chi connectivity index (χ4n) is 3.23. The lowest BCUT2D eigenvalue weighted by molar-refractivity contribution is -0.121. The summed E-state index contributed by atoms with van der Waals surface area (Å²) in [4.78, 5) is 26.6. The Kier molecular flexibility index (Phi) is 5.53. The molecule has 29 heavy (non-hydrogen) atoms. The predicted molar refractivity (Wildman–Crippen MR) is 121 cm³/mol. The molecular weight excluding hydrogens is 479 g/mol. The van der Waals surface area contributed by atoms with Crippen molar-refractivity contribution in [3.05, 3.63) is 87.0 Å². The monoisotopic (exact) mass is 498 g/mol. The smallest absolute Gasteiger partial charge is 0.265 e. The molecule has 0 bridgehead atoms. The highest BCUT2D eigenvalue weighted by atomic mass is 127. The number of anilines is 2. The van der Waals surface area contributed by atoms with Gasteiger partial charge in [0.15, 0.2) is 6.61 Å². The fraction of sp³-hybridized carbons (Fsp3) is 0.130. The first-order valence-electron chi connectivity index (χ1n) is 9.20. The van der Waals surface area contributed by atoms with Crippen LogP contribution in [0.2, 0.25) is 0 Å². The Morgan fingerprint density at radius 3 is 2.62 bits per heavy atom. The summed E-state index contributed by atoms with van der Waals surface area (Å²) < 4.78 is 6.61. The molecular formula is C23H19IN2O3. The molecule has 0 unspecified atom stereocenters. The van der Waals surface area contributed by atoms with Crippen molar-refractivity contribution in [3.63, 3.8) is 0 Å². The maximum Gasteiger partial charge on any atom is 0.265 e. The lowest BCUT2D eigenvalue weighted by Crippen LogP contribution is -2.38. The summed E-state index contributed by atoms with van der Waals surface area (Å²) in [6, 6.07) is 20.7. The molecule has 4 rings (SSSR count). The number of fused-ring (bicyclic) bond motifs is 1. The molecule has 1 aliphatic rings. The second kappa shape index (κ2) is 8.24. The van der Waals surface area contributed by atoms with Gasteiger partial charge in [0, 0.05) is 14.8 Å². The van der Waals surface area contributed by atoms with E-state index in [1.807, 2.05) is 61.5 Å². The van der Waals surface area contributed by atoms with E-state index >= 15 is 0 Å². The second-order valence-corrected chi connectivity index (χ2v) is 8.09. The lowest BCUT2D eigenvalue weighted by atomic mass is 10.1. The van der Waals surface area contributed by atoms with Gasteiger partial charge in [-0.3, -0.25) is 9.59 Å². The van der Waals surface area contributed by atoms with Crippen LogP contribution in [-0.4, -0.2) is 18.4 Å². The van der Waals surface area contributed by atoms with Gasteiger partial charge in [-0.15, -0.1) is 0 Å². The van der Waals surface area contributed by atoms with Crippen molar-refractivity contribution in [3.8, 4) is 5.75 Å². The van der Waals surface area contributed by atoms with Crippen molar-refractivity contribution in [1.29, 1.82) is 0 Å². The van der Waals surface area contributed by atoms with Gasteiger partial charge in [-0.05, 0) is 83.1 Å². The average molecular weight is 498 g/mol. The molecule has 5 nitrogen and oxygen atoms in total. The maximum absolute atomic E-state index is 12.6. The van der Waals surface area contributed by atoms with Gasteiger partial charge in [0.2, 0.25) is 0 Å². The van der Waals surface area contributed by atoms with Gasteiger partial charge in [-0.25, -0.2) is 0 Å². The third-order valence-electron chi connectivity index (χ3n) is 4.80. The standard InChI is InChI=1S/C23H19IN2O3/c1-15-12-18(24)10-11-19(15)25-23(28)17-8-6-16(7-9-17)13-26-20-4-2-3-5-21(20)29-14-22(26)27/h2-12H,13-14H2,1H3,(H,25,28). The number of rotatable bonds is 4. The molecule has 146 valence electrons. The molecule has 0 saturated carbocycles. The number of amides is 2. The zero-order valence-electron chi connectivity index (χ0n) is 15.8. The number of carbonyl (C=O) groups is 2. The van der Waals surface area contributed by atoms with Crippen LogP contribution in [-0.2, 0) is 11.3 Å². The molecule has 0 radical (unpaired) electrons. The largest absolute Gasteiger partial charge is 0.482 e. The lowest BCUT2D eigenvalue weighted by Gasteiger charge is -2.29. The van der Waals surface area contributed by atoms with Crippen LogP contribution in [0.1, 0.15) is 21.5 Å². The van der Waals surface area contributed by atoms with Gasteiger partial charge in [0.1, 0.15) is 5.75 Å². The number of nitrogens with one attached hydrogen (secondary N) is 1. The molecule has 1 N–H and O–H groups in total. The summed E-state index contributed by atoms with van der Waals surface area (Å²) >= 11 is 2.25. The molecule has 6 heteroatoms. The first-order valence-corrected chi connectivity index (χ1v) is 10.3. The number of hydrogen-bond donors (Lipinski definition) is 1. The highest BCUT2D eigenvalue weighted by molar-refractivity contribution is 14.1. The number of hydrogen-bond acceptors (Lipinski definition) is 3. The van der Waals surface area contributed by atoms with Gasteiger partial charge < -0.3 is 15.0 Å². The predicted octanol–water partition coefficient (Wildman–Crippen LogP) is 4.78. The SMILES string of the molecule is Cc1cc(I)ccc1NC(=O)c1ccc(CN2C(=O)COc3ccccc32)cc1. The van der Waals surface area contributed by atoms with Gasteiger partial charge in [0.05, 0.1) is 12.2 Å². The molecule has 0 spiro atoms. The third-order valence-corrected chi connectivity index (χ3v) is 5.47. The van der Waals surface area contributed by atoms with Crippen LogP contribution in [0, 0.1) is 10.5 Å². The Balaban J connectivity index is 1.48. The Bertz CT molecular complexity index is 1080. The number of halogens is 1. The zero-order valence-corrected chi connectivity index (χ0v) is 18.0. The van der Waals surface area contributed by atoms with Crippen LogP contribution < -0.4 is 15.0 Å². The Labute approximate surface area is 182 Å². The fourth-order valence-corrected chi connectivity index (χ4v) is 3.88. The summed E-state index contributed by atoms with van der Waals surface area (Å²) in [5, 5.41) is 2.95. The molecule has 0 fully saturated rings. The average Bonchev–Trinajstić information content (AvgIpc) is 2.72. The third kappa shape index (κ3) is 4.27. The zero-order chi connectivity index (χ0) is 20.4. The molecule has 3 aromatic carbocycles. The van der Waals surface area contributed by atoms with Crippen molar-refractivity contribution in [2.24, 2.45) is 0 Å². The van der Waals surface area contributed by atoms with E-state index in [-0.39, 0.29) is 18.4 Å². The summed E-state index contributed by atoms with van der Waals surface area (Å²) in [6.45, 7) is 2.43. The highest BCUT2D eigenvalue weighted by Crippen LogP contribution is 2.32. The molecule has 1 aliphatic heterocycles. The van der Waals surface area contributed by atoms with E-state index in [0.717, 1.165) is 26.1 Å². The van der Waals surface area contributed by atoms with E-state index in [1.165, 1.54) is 0 Å². The van der Waals surface area contributed by atoms with Crippen molar-refractivity contribution in [1.82, 2.24) is 0 Å². The van der Waals surface area contributed by atoms with Crippen LogP contribution in [0.25, 0.3) is 0 Å². The van der Waals surface area contributed by atoms with Gasteiger partial charge in [-0.2, -0.15) is 0 Å². The van der Waals surface area contributed by atoms with E-state index in [1.54, 1.807) is 17.0 Å². The molecule has 0 atom stereocenters. The van der Waals surface area contributed by atoms with E-state index in [4.69, 9.17) is 4.74 Å². The van der Waals surface area contributed by atoms with Crippen molar-refractivity contribution in [2.75, 3.05) is 16.8 Å². The van der Waals surface area contributed by atoms with Gasteiger partial charge >= 0.3 is 0 Å². The Morgan fingerprint density at radius 2 is 1.86 bits per heavy atom. The Hall–Kier alpha value is -2.87. The summed E-state index contributed by atoms with van der Waals surface area (Å²) in [7, 11) is 0. The van der Waals surface area contributed by atoms with Crippen LogP contribution in [0.15, 0.2) is 66.7 Å². The van der Waals surface area contributed by atoms with Gasteiger partial charge in [-0.1, -0.05) is 24.3 Å². The molecule has 0 saturated heterocycles. The minimum atomic E-state index is -0.159. The molecule has 3 aromatic rings. The highest BCUT2D eigenvalue weighted by Gasteiger charge is 2.25. The molecule has 0 aliphatic carbocycles. The number of ether oxygens (including phenoxy) is 1. The van der Waals surface area contributed by atoms with Crippen molar-refractivity contribution < 1.29 is 14.3 Å². The van der Waals surface area contributed by atoms with E-state index < -0.39 is 0 Å². The molecule has 0 aromatic heterocycles. The topological polar surface area (TPSA) is 58.6 Å². The number of aryl methyl sites for hydroxylation is 1. The summed E-state index contributed by atoms with van der Waals surface area (Å²) in [6.07, 6.45) is 0. The van der Waals surface area contributed by atoms with Crippen LogP contribution in [0.3, 0.4) is 0 Å². The number of carbonyl (C=O) groups excluding carboxylic acids is 2. The normalized spacial score (nSPS) is 12.9. The quantitative estimate of drug-likeness (QED) is 0.527. The number of benzene rings is 3. The number of nitrogens with zero attached hydrogens (tertiary/aromatic N) is 1. The Morgan fingerprint density at radius 1 is 1.10 bits per heavy atom. The minimum absolute atomic E-state index is 0.0346. The number of para-hydroxylation sites is 2. The molecule has 1 heterocycles. The van der Waals surface area contributed by atoms with Crippen LogP contribution >= 0.6 is 22.6 Å². The van der Waals surface area contributed by atoms with E-state index in [2.05, 4.69) is 27.9 Å². The maximum atomic E-state index is 12.6. The minimum Gasteiger partial charge on any atom is -0.482 e. The van der Waals surface area contributed by atoms with Crippen molar-refractivity contribution in [2.45, 2.75) is 13.5 Å². The van der Waals surface area contributed by atoms with Crippen LogP contribution in [0.5, 0.6) is 5.75 Å². The second-order valence-electron chi connectivity index (χ2n) is 6.85. The summed E-state index contributed by atoms with van der Waals surface area (Å²) in [5.41, 5.74) is 4.10. The summed E-state index contributed by atoms with van der Waals surface area (Å²) in [5.74, 6) is 0.462. The van der Waals surface area contributed by atoms with E-state index in [9.17, 15) is 9.59 Å².